The summed E-state index contributed by atoms with van der Waals surface area (Å²) >= 11 is 0. The first-order chi connectivity index (χ1) is 13.8. The standard InChI is InChI=1S/C20H27FN2O5.C2H6/c1-18(2,3)28-17(25)23-20(11-26-19(4,5)27-12-20)7-6-13-9-16(24)14(10-22)8-15(13)21;1-2/h8-9,24H,6-7,11-12H2,1-5H3,(H,23,25);1-2H3. The van der Waals surface area contributed by atoms with Crippen molar-refractivity contribution in [3.05, 3.63) is 29.1 Å². The zero-order valence-corrected chi connectivity index (χ0v) is 18.9. The van der Waals surface area contributed by atoms with E-state index in [0.29, 0.717) is 0 Å². The van der Waals surface area contributed by atoms with Gasteiger partial charge in [0, 0.05) is 0 Å². The third-order valence-corrected chi connectivity index (χ3v) is 4.32. The van der Waals surface area contributed by atoms with E-state index in [1.165, 1.54) is 6.07 Å². The summed E-state index contributed by atoms with van der Waals surface area (Å²) in [4.78, 5) is 12.3. The number of ether oxygens (including phenoxy) is 3. The highest BCUT2D eigenvalue weighted by atomic mass is 19.1. The number of hydrogen-bond donors (Lipinski definition) is 2. The maximum Gasteiger partial charge on any atom is 0.408 e. The Labute approximate surface area is 178 Å². The first-order valence-corrected chi connectivity index (χ1v) is 10.1. The number of benzene rings is 1. The predicted molar refractivity (Wildman–Crippen MR) is 111 cm³/mol. The van der Waals surface area contributed by atoms with E-state index in [9.17, 15) is 14.3 Å². The van der Waals surface area contributed by atoms with Crippen molar-refractivity contribution < 1.29 is 28.5 Å². The second-order valence-electron chi connectivity index (χ2n) is 8.46. The minimum atomic E-state index is -0.923. The van der Waals surface area contributed by atoms with Gasteiger partial charge in [-0.15, -0.1) is 0 Å². The molecule has 1 aliphatic rings. The van der Waals surface area contributed by atoms with Crippen molar-refractivity contribution in [1.29, 1.82) is 5.26 Å². The highest BCUT2D eigenvalue weighted by Crippen LogP contribution is 2.29. The summed E-state index contributed by atoms with van der Waals surface area (Å²) in [5, 5.41) is 21.5. The number of nitriles is 1. The van der Waals surface area contributed by atoms with Crippen LogP contribution in [0.15, 0.2) is 12.1 Å². The molecular weight excluding hydrogens is 391 g/mol. The summed E-state index contributed by atoms with van der Waals surface area (Å²) in [6.07, 6.45) is -0.152. The summed E-state index contributed by atoms with van der Waals surface area (Å²) < 4.78 is 31.0. The molecule has 8 heteroatoms. The molecule has 1 aromatic rings. The van der Waals surface area contributed by atoms with Gasteiger partial charge in [0.2, 0.25) is 0 Å². The number of halogens is 1. The fourth-order valence-electron chi connectivity index (χ4n) is 2.77. The maximum atomic E-state index is 14.3. The Bertz CT molecular complexity index is 771. The van der Waals surface area contributed by atoms with E-state index in [-0.39, 0.29) is 42.9 Å². The summed E-state index contributed by atoms with van der Waals surface area (Å²) in [6, 6.07) is 3.95. The number of phenols is 1. The average Bonchev–Trinajstić information content (AvgIpc) is 2.64. The van der Waals surface area contributed by atoms with Crippen LogP contribution in [0, 0.1) is 17.1 Å². The maximum absolute atomic E-state index is 14.3. The molecule has 1 aliphatic heterocycles. The van der Waals surface area contributed by atoms with Crippen LogP contribution in [0.25, 0.3) is 0 Å². The van der Waals surface area contributed by atoms with E-state index in [4.69, 9.17) is 19.5 Å². The van der Waals surface area contributed by atoms with Crippen LogP contribution in [0.3, 0.4) is 0 Å². The second-order valence-corrected chi connectivity index (χ2v) is 8.46. The number of phenolic OH excluding ortho intramolecular Hbond substituents is 1. The molecule has 2 N–H and O–H groups in total. The molecule has 1 saturated heterocycles. The quantitative estimate of drug-likeness (QED) is 0.743. The lowest BCUT2D eigenvalue weighted by atomic mass is 9.91. The molecule has 30 heavy (non-hydrogen) atoms. The van der Waals surface area contributed by atoms with Gasteiger partial charge in [-0.2, -0.15) is 5.26 Å². The topological polar surface area (TPSA) is 101 Å². The van der Waals surface area contributed by atoms with Gasteiger partial charge in [-0.1, -0.05) is 13.8 Å². The van der Waals surface area contributed by atoms with Crippen molar-refractivity contribution >= 4 is 6.09 Å². The van der Waals surface area contributed by atoms with Gasteiger partial charge < -0.3 is 24.6 Å². The number of amides is 1. The van der Waals surface area contributed by atoms with Crippen molar-refractivity contribution in [3.63, 3.8) is 0 Å². The minimum absolute atomic E-state index is 0.131. The molecule has 0 atom stereocenters. The van der Waals surface area contributed by atoms with Gasteiger partial charge in [-0.3, -0.25) is 0 Å². The van der Waals surface area contributed by atoms with E-state index in [1.807, 2.05) is 13.8 Å². The Morgan fingerprint density at radius 3 is 2.37 bits per heavy atom. The number of aromatic hydroxyl groups is 1. The van der Waals surface area contributed by atoms with E-state index < -0.39 is 28.8 Å². The van der Waals surface area contributed by atoms with Crippen molar-refractivity contribution in [2.45, 2.75) is 78.2 Å². The fourth-order valence-corrected chi connectivity index (χ4v) is 2.77. The Kier molecular flexibility index (Phi) is 8.64. The molecule has 1 fully saturated rings. The molecule has 2 rings (SSSR count). The Hall–Kier alpha value is -2.37. The molecule has 0 unspecified atom stereocenters. The zero-order valence-electron chi connectivity index (χ0n) is 18.9. The number of aryl methyl sites for hydroxylation is 1. The van der Waals surface area contributed by atoms with Gasteiger partial charge >= 0.3 is 6.09 Å². The first-order valence-electron chi connectivity index (χ1n) is 10.1. The Morgan fingerprint density at radius 1 is 1.30 bits per heavy atom. The highest BCUT2D eigenvalue weighted by Gasteiger charge is 2.42. The van der Waals surface area contributed by atoms with Crippen molar-refractivity contribution in [2.75, 3.05) is 13.2 Å². The number of rotatable bonds is 4. The molecule has 1 amide bonds. The van der Waals surface area contributed by atoms with Gasteiger partial charge in [0.1, 0.15) is 23.2 Å². The van der Waals surface area contributed by atoms with Crippen LogP contribution in [-0.4, -0.2) is 41.3 Å². The minimum Gasteiger partial charge on any atom is -0.507 e. The van der Waals surface area contributed by atoms with Crippen LogP contribution in [0.4, 0.5) is 9.18 Å². The van der Waals surface area contributed by atoms with Crippen LogP contribution in [-0.2, 0) is 20.6 Å². The molecule has 0 aromatic heterocycles. The third kappa shape index (κ3) is 7.47. The van der Waals surface area contributed by atoms with E-state index in [2.05, 4.69) is 5.32 Å². The van der Waals surface area contributed by atoms with Crippen LogP contribution >= 0.6 is 0 Å². The smallest absolute Gasteiger partial charge is 0.408 e. The van der Waals surface area contributed by atoms with Crippen molar-refractivity contribution in [1.82, 2.24) is 5.32 Å². The molecule has 168 valence electrons. The Balaban J connectivity index is 0.00000218. The second kappa shape index (κ2) is 10.1. The van der Waals surface area contributed by atoms with E-state index in [0.717, 1.165) is 6.07 Å². The third-order valence-electron chi connectivity index (χ3n) is 4.32. The Morgan fingerprint density at radius 2 is 1.87 bits per heavy atom. The van der Waals surface area contributed by atoms with Gasteiger partial charge in [0.15, 0.2) is 5.79 Å². The number of nitrogens with zero attached hydrogens (tertiary/aromatic N) is 1. The van der Waals surface area contributed by atoms with Crippen LogP contribution in [0.1, 0.15) is 66.0 Å². The predicted octanol–water partition coefficient (Wildman–Crippen LogP) is 4.41. The number of alkyl carbamates (subject to hydrolysis) is 1. The van der Waals surface area contributed by atoms with Crippen molar-refractivity contribution in [2.24, 2.45) is 0 Å². The van der Waals surface area contributed by atoms with Gasteiger partial charge in [0.25, 0.3) is 0 Å². The van der Waals surface area contributed by atoms with E-state index in [1.54, 1.807) is 40.7 Å². The SMILES string of the molecule is CC.CC(C)(C)OC(=O)NC1(CCc2cc(O)c(C#N)cc2F)COC(C)(C)OC1. The molecule has 0 aliphatic carbocycles. The van der Waals surface area contributed by atoms with Crippen LogP contribution in [0.5, 0.6) is 5.75 Å². The van der Waals surface area contributed by atoms with E-state index >= 15 is 0 Å². The molecule has 0 radical (unpaired) electrons. The van der Waals surface area contributed by atoms with Gasteiger partial charge in [0.05, 0.1) is 24.3 Å². The normalized spacial score (nSPS) is 17.2. The summed E-state index contributed by atoms with van der Waals surface area (Å²) in [5.41, 5.74) is -1.50. The lowest BCUT2D eigenvalue weighted by molar-refractivity contribution is -0.271. The first kappa shape index (κ1) is 25.7. The molecule has 0 saturated carbocycles. The largest absolute Gasteiger partial charge is 0.507 e. The average molecular weight is 425 g/mol. The van der Waals surface area contributed by atoms with Gasteiger partial charge in [-0.25, -0.2) is 9.18 Å². The monoisotopic (exact) mass is 424 g/mol. The lowest BCUT2D eigenvalue weighted by Crippen LogP contribution is -2.61. The number of hydrogen-bond acceptors (Lipinski definition) is 6. The van der Waals surface area contributed by atoms with Gasteiger partial charge in [-0.05, 0) is 65.2 Å². The summed E-state index contributed by atoms with van der Waals surface area (Å²) in [5.74, 6) is -1.68. The molecule has 1 heterocycles. The summed E-state index contributed by atoms with van der Waals surface area (Å²) in [7, 11) is 0. The summed E-state index contributed by atoms with van der Waals surface area (Å²) in [6.45, 7) is 13.1. The molecule has 7 nitrogen and oxygen atoms in total. The molecule has 0 bridgehead atoms. The number of nitrogens with one attached hydrogen (secondary N) is 1. The highest BCUT2D eigenvalue weighted by molar-refractivity contribution is 5.69. The fraction of sp³-hybridized carbons (Fsp3) is 0.636. The molecule has 1 aromatic carbocycles. The molecular formula is C22H33FN2O5. The van der Waals surface area contributed by atoms with Crippen molar-refractivity contribution in [3.8, 4) is 11.8 Å². The zero-order chi connectivity index (χ0) is 23.2. The number of carbonyl (C=O) groups is 1. The molecule has 0 spiro atoms. The van der Waals surface area contributed by atoms with Crippen LogP contribution in [0.2, 0.25) is 0 Å². The number of carbonyl (C=O) groups excluding carboxylic acids is 1. The lowest BCUT2D eigenvalue weighted by Gasteiger charge is -2.44. The van der Waals surface area contributed by atoms with Crippen LogP contribution < -0.4 is 5.32 Å².